The molecule has 2 fully saturated rings. The molecule has 33 heavy (non-hydrogen) atoms. The number of rotatable bonds is 8. The number of hydrogen-bond donors (Lipinski definition) is 2. The van der Waals surface area contributed by atoms with Crippen LogP contribution in [-0.2, 0) is 25.7 Å². The Labute approximate surface area is 190 Å². The number of hydrazine groups is 1. The number of piperazine rings is 1. The maximum absolute atomic E-state index is 13.1. The molecule has 12 heteroatoms. The number of urea groups is 1. The summed E-state index contributed by atoms with van der Waals surface area (Å²) in [7, 11) is 3.09. The van der Waals surface area contributed by atoms with Crippen molar-refractivity contribution < 1.29 is 33.4 Å². The predicted molar refractivity (Wildman–Crippen MR) is 113 cm³/mol. The SMILES string of the molecule is COCCN1C[C@H]2N(C(=O)CN(C)N2C(=O)NCc2ccc(F)cc2)[C@@H](CCC(=O)O)C1=O. The number of methoxy groups -OCH3 is 1. The number of halogens is 1. The second kappa shape index (κ2) is 10.6. The Hall–Kier alpha value is -3.25. The van der Waals surface area contributed by atoms with E-state index in [-0.39, 0.29) is 63.3 Å². The van der Waals surface area contributed by atoms with E-state index < -0.39 is 24.2 Å². The summed E-state index contributed by atoms with van der Waals surface area (Å²) in [5.74, 6) is -2.19. The van der Waals surface area contributed by atoms with Gasteiger partial charge in [0.25, 0.3) is 0 Å². The number of carboxylic acids is 1. The van der Waals surface area contributed by atoms with Crippen LogP contribution in [0.2, 0.25) is 0 Å². The molecular weight excluding hydrogens is 437 g/mol. The fourth-order valence-corrected chi connectivity index (χ4v) is 4.11. The fourth-order valence-electron chi connectivity index (χ4n) is 4.11. The number of ether oxygens (including phenoxy) is 1. The Morgan fingerprint density at radius 1 is 1.24 bits per heavy atom. The third-order valence-corrected chi connectivity index (χ3v) is 5.70. The maximum atomic E-state index is 13.1. The lowest BCUT2D eigenvalue weighted by molar-refractivity contribution is -0.188. The average Bonchev–Trinajstić information content (AvgIpc) is 2.76. The minimum atomic E-state index is -1.08. The lowest BCUT2D eigenvalue weighted by atomic mass is 10.0. The van der Waals surface area contributed by atoms with Crippen molar-refractivity contribution in [2.75, 3.05) is 40.4 Å². The molecule has 0 aliphatic carbocycles. The molecule has 2 aliphatic rings. The smallest absolute Gasteiger partial charge is 0.334 e. The Bertz CT molecular complexity index is 898. The molecule has 0 saturated carbocycles. The van der Waals surface area contributed by atoms with E-state index in [1.165, 1.54) is 39.1 Å². The van der Waals surface area contributed by atoms with Crippen molar-refractivity contribution in [2.24, 2.45) is 0 Å². The third-order valence-electron chi connectivity index (χ3n) is 5.70. The van der Waals surface area contributed by atoms with Gasteiger partial charge in [0.05, 0.1) is 19.7 Å². The molecule has 11 nitrogen and oxygen atoms in total. The van der Waals surface area contributed by atoms with E-state index in [0.29, 0.717) is 5.56 Å². The van der Waals surface area contributed by atoms with Crippen molar-refractivity contribution in [3.63, 3.8) is 0 Å². The van der Waals surface area contributed by atoms with Crippen LogP contribution in [-0.4, -0.2) is 101 Å². The van der Waals surface area contributed by atoms with Gasteiger partial charge in [0.2, 0.25) is 11.8 Å². The number of carboxylic acid groups (broad SMARTS) is 1. The zero-order chi connectivity index (χ0) is 24.1. The number of nitrogens with zero attached hydrogens (tertiary/aromatic N) is 4. The Balaban J connectivity index is 1.83. The molecule has 180 valence electrons. The van der Waals surface area contributed by atoms with E-state index in [1.54, 1.807) is 19.2 Å². The maximum Gasteiger partial charge on any atom is 0.334 e. The van der Waals surface area contributed by atoms with Gasteiger partial charge < -0.3 is 25.0 Å². The van der Waals surface area contributed by atoms with Crippen LogP contribution in [0.3, 0.4) is 0 Å². The average molecular weight is 465 g/mol. The predicted octanol–water partition coefficient (Wildman–Crippen LogP) is 0.0744. The lowest BCUT2D eigenvalue weighted by Crippen LogP contribution is -2.76. The topological polar surface area (TPSA) is 123 Å². The number of carbonyl (C=O) groups excluding carboxylic acids is 3. The van der Waals surface area contributed by atoms with Crippen LogP contribution in [0.5, 0.6) is 0 Å². The van der Waals surface area contributed by atoms with E-state index in [4.69, 9.17) is 9.84 Å². The van der Waals surface area contributed by atoms with E-state index in [2.05, 4.69) is 5.32 Å². The normalized spacial score (nSPS) is 21.2. The Kier molecular flexibility index (Phi) is 7.82. The molecule has 0 spiro atoms. The monoisotopic (exact) mass is 465 g/mol. The molecule has 2 atom stereocenters. The largest absolute Gasteiger partial charge is 0.481 e. The Morgan fingerprint density at radius 3 is 2.58 bits per heavy atom. The quantitative estimate of drug-likeness (QED) is 0.557. The van der Waals surface area contributed by atoms with Gasteiger partial charge in [0.1, 0.15) is 18.0 Å². The molecule has 1 aromatic carbocycles. The first-order valence-electron chi connectivity index (χ1n) is 10.6. The first-order valence-corrected chi connectivity index (χ1v) is 10.6. The molecule has 0 radical (unpaired) electrons. The van der Waals surface area contributed by atoms with Gasteiger partial charge in [0, 0.05) is 33.7 Å². The second-order valence-corrected chi connectivity index (χ2v) is 7.95. The number of likely N-dealkylation sites (N-methyl/N-ethyl adjacent to an activating group) is 1. The van der Waals surface area contributed by atoms with Crippen LogP contribution < -0.4 is 5.32 Å². The summed E-state index contributed by atoms with van der Waals surface area (Å²) in [6.07, 6.45) is -1.16. The summed E-state index contributed by atoms with van der Waals surface area (Å²) in [6, 6.07) is 4.20. The number of nitrogens with one attached hydrogen (secondary N) is 1. The van der Waals surface area contributed by atoms with Gasteiger partial charge in [0.15, 0.2) is 0 Å². The summed E-state index contributed by atoms with van der Waals surface area (Å²) in [5.41, 5.74) is 0.692. The number of aliphatic carboxylic acids is 1. The third kappa shape index (κ3) is 5.57. The van der Waals surface area contributed by atoms with Crippen LogP contribution >= 0.6 is 0 Å². The van der Waals surface area contributed by atoms with Gasteiger partial charge in [-0.25, -0.2) is 19.2 Å². The van der Waals surface area contributed by atoms with Crippen molar-refractivity contribution in [3.8, 4) is 0 Å². The van der Waals surface area contributed by atoms with Gasteiger partial charge in [-0.05, 0) is 24.1 Å². The summed E-state index contributed by atoms with van der Waals surface area (Å²) >= 11 is 0. The molecule has 0 bridgehead atoms. The minimum absolute atomic E-state index is 0.0609. The van der Waals surface area contributed by atoms with Crippen LogP contribution in [0, 0.1) is 5.82 Å². The molecule has 0 unspecified atom stereocenters. The second-order valence-electron chi connectivity index (χ2n) is 7.95. The number of carbonyl (C=O) groups is 4. The lowest BCUT2D eigenvalue weighted by Gasteiger charge is -2.54. The molecule has 1 aromatic rings. The molecule has 2 heterocycles. The number of amides is 4. The zero-order valence-electron chi connectivity index (χ0n) is 18.6. The van der Waals surface area contributed by atoms with Crippen LogP contribution in [0.4, 0.5) is 9.18 Å². The van der Waals surface area contributed by atoms with Crippen LogP contribution in [0.15, 0.2) is 24.3 Å². The molecular formula is C21H28FN5O6. The number of fused-ring (bicyclic) bond motifs is 1. The van der Waals surface area contributed by atoms with Gasteiger partial charge >= 0.3 is 12.0 Å². The summed E-state index contributed by atoms with van der Waals surface area (Å²) in [6.45, 7) is 0.553. The van der Waals surface area contributed by atoms with E-state index in [1.807, 2.05) is 0 Å². The summed E-state index contributed by atoms with van der Waals surface area (Å²) < 4.78 is 18.2. The minimum Gasteiger partial charge on any atom is -0.481 e. The molecule has 3 rings (SSSR count). The van der Waals surface area contributed by atoms with E-state index >= 15 is 0 Å². The van der Waals surface area contributed by atoms with Gasteiger partial charge in [-0.3, -0.25) is 14.4 Å². The highest BCUT2D eigenvalue weighted by atomic mass is 19.1. The van der Waals surface area contributed by atoms with Gasteiger partial charge in [-0.15, -0.1) is 0 Å². The van der Waals surface area contributed by atoms with Crippen molar-refractivity contribution in [2.45, 2.75) is 31.6 Å². The van der Waals surface area contributed by atoms with E-state index in [9.17, 15) is 23.6 Å². The summed E-state index contributed by atoms with van der Waals surface area (Å²) in [4.78, 5) is 53.0. The molecule has 2 saturated heterocycles. The molecule has 0 aromatic heterocycles. The molecule has 2 aliphatic heterocycles. The number of hydrogen-bond acceptors (Lipinski definition) is 6. The first-order chi connectivity index (χ1) is 15.7. The fraction of sp³-hybridized carbons (Fsp3) is 0.524. The van der Waals surface area contributed by atoms with Crippen LogP contribution in [0.25, 0.3) is 0 Å². The highest BCUT2D eigenvalue weighted by Crippen LogP contribution is 2.27. The summed E-state index contributed by atoms with van der Waals surface area (Å²) in [5, 5.41) is 14.7. The van der Waals surface area contributed by atoms with Crippen molar-refractivity contribution in [3.05, 3.63) is 35.6 Å². The highest BCUT2D eigenvalue weighted by Gasteiger charge is 2.50. The van der Waals surface area contributed by atoms with Crippen molar-refractivity contribution >= 4 is 23.8 Å². The first kappa shape index (κ1) is 24.4. The zero-order valence-corrected chi connectivity index (χ0v) is 18.6. The highest BCUT2D eigenvalue weighted by molar-refractivity contribution is 5.91. The van der Waals surface area contributed by atoms with Crippen molar-refractivity contribution in [1.82, 2.24) is 25.1 Å². The standard InChI is InChI=1S/C21H28FN5O6/c1-24-13-18(28)26-16(7-8-19(29)30)20(31)25(9-10-33-2)12-17(26)27(24)21(32)23-11-14-3-5-15(22)6-4-14/h3-6,16-17H,7-13H2,1-2H3,(H,23,32)(H,29,30)/t16-,17-/m0/s1. The Morgan fingerprint density at radius 2 is 1.94 bits per heavy atom. The molecule has 2 N–H and O–H groups in total. The van der Waals surface area contributed by atoms with E-state index in [0.717, 1.165) is 0 Å². The van der Waals surface area contributed by atoms with Gasteiger partial charge in [-0.1, -0.05) is 12.1 Å². The molecule has 4 amide bonds. The van der Waals surface area contributed by atoms with Gasteiger partial charge in [-0.2, -0.15) is 0 Å². The van der Waals surface area contributed by atoms with Crippen LogP contribution in [0.1, 0.15) is 18.4 Å². The van der Waals surface area contributed by atoms with Crippen molar-refractivity contribution in [1.29, 1.82) is 0 Å². The number of benzene rings is 1.